The number of amides is 1. The summed E-state index contributed by atoms with van der Waals surface area (Å²) in [6.07, 6.45) is 0.475. The Bertz CT molecular complexity index is 897. The van der Waals surface area contributed by atoms with Crippen molar-refractivity contribution in [3.63, 3.8) is 0 Å². The minimum absolute atomic E-state index is 0.0208. The first-order valence-corrected chi connectivity index (χ1v) is 10.4. The summed E-state index contributed by atoms with van der Waals surface area (Å²) in [5.74, 6) is 0.405. The molecule has 1 unspecified atom stereocenters. The summed E-state index contributed by atoms with van der Waals surface area (Å²) in [6, 6.07) is 10.9. The number of anilines is 2. The van der Waals surface area contributed by atoms with Crippen LogP contribution in [0.2, 0.25) is 0 Å². The van der Waals surface area contributed by atoms with Gasteiger partial charge in [0.2, 0.25) is 0 Å². The Morgan fingerprint density at radius 1 is 1.27 bits per heavy atom. The molecule has 0 bridgehead atoms. The molecule has 1 atom stereocenters. The molecule has 1 amide bonds. The van der Waals surface area contributed by atoms with E-state index in [1.54, 1.807) is 17.0 Å². The molecule has 1 aliphatic heterocycles. The highest BCUT2D eigenvalue weighted by atomic mass is 32.2. The van der Waals surface area contributed by atoms with Crippen molar-refractivity contribution in [3.8, 4) is 0 Å². The van der Waals surface area contributed by atoms with Crippen LogP contribution in [0.1, 0.15) is 29.4 Å². The molecule has 3 rings (SSSR count). The summed E-state index contributed by atoms with van der Waals surface area (Å²) in [5.41, 5.74) is 2.23. The average molecular weight is 374 g/mol. The first kappa shape index (κ1) is 18.3. The zero-order valence-corrected chi connectivity index (χ0v) is 15.7. The summed E-state index contributed by atoms with van der Waals surface area (Å²) in [7, 11) is -3.05. The van der Waals surface area contributed by atoms with E-state index in [0.29, 0.717) is 18.8 Å². The average Bonchev–Trinajstić information content (AvgIpc) is 2.96. The molecule has 1 aromatic carbocycles. The van der Waals surface area contributed by atoms with Crippen molar-refractivity contribution in [1.29, 1.82) is 0 Å². The second-order valence-corrected chi connectivity index (χ2v) is 8.68. The Balaban J connectivity index is 1.71. The van der Waals surface area contributed by atoms with E-state index in [-0.39, 0.29) is 29.1 Å². The second-order valence-electron chi connectivity index (χ2n) is 6.45. The highest BCUT2D eigenvalue weighted by Gasteiger charge is 2.34. The van der Waals surface area contributed by atoms with E-state index < -0.39 is 9.84 Å². The van der Waals surface area contributed by atoms with Crippen LogP contribution in [0.3, 0.4) is 0 Å². The van der Waals surface area contributed by atoms with Gasteiger partial charge in [-0.15, -0.1) is 10.2 Å². The number of carbonyl (C=O) groups is 1. The smallest absolute Gasteiger partial charge is 0.274 e. The number of carbonyl (C=O) groups excluding carboxylic acids is 1. The van der Waals surface area contributed by atoms with Crippen LogP contribution in [0.5, 0.6) is 0 Å². The molecule has 1 aromatic heterocycles. The molecule has 0 aliphatic carbocycles. The van der Waals surface area contributed by atoms with Gasteiger partial charge in [0.1, 0.15) is 0 Å². The highest BCUT2D eigenvalue weighted by molar-refractivity contribution is 7.91. The number of nitrogens with one attached hydrogen (secondary N) is 1. The van der Waals surface area contributed by atoms with Crippen molar-refractivity contribution >= 4 is 27.2 Å². The summed E-state index contributed by atoms with van der Waals surface area (Å²) in [5, 5.41) is 11.2. The van der Waals surface area contributed by atoms with E-state index >= 15 is 0 Å². The predicted octanol–water partition coefficient (Wildman–Crippen LogP) is 2.18. The Kier molecular flexibility index (Phi) is 5.22. The molecule has 2 heterocycles. The van der Waals surface area contributed by atoms with E-state index in [0.717, 1.165) is 11.3 Å². The lowest BCUT2D eigenvalue weighted by atomic mass is 10.2. The van der Waals surface area contributed by atoms with E-state index in [4.69, 9.17) is 0 Å². The second kappa shape index (κ2) is 7.41. The molecular weight excluding hydrogens is 352 g/mol. The van der Waals surface area contributed by atoms with Gasteiger partial charge in [0.05, 0.1) is 11.5 Å². The molecule has 8 heteroatoms. The SMILES string of the molecule is CCN(C(=O)c1ccc(Nc2cccc(C)c2)nn1)C1CCS(=O)(=O)C1. The van der Waals surface area contributed by atoms with Gasteiger partial charge in [-0.2, -0.15) is 0 Å². The number of aryl methyl sites for hydroxylation is 1. The van der Waals surface area contributed by atoms with Crippen LogP contribution in [0, 0.1) is 6.92 Å². The molecule has 0 saturated carbocycles. The number of sulfone groups is 1. The lowest BCUT2D eigenvalue weighted by Crippen LogP contribution is -2.41. The van der Waals surface area contributed by atoms with Gasteiger partial charge in [0.15, 0.2) is 21.3 Å². The summed E-state index contributed by atoms with van der Waals surface area (Å²) >= 11 is 0. The quantitative estimate of drug-likeness (QED) is 0.862. The monoisotopic (exact) mass is 374 g/mol. The normalized spacial score (nSPS) is 18.5. The molecule has 2 aromatic rings. The number of hydrogen-bond acceptors (Lipinski definition) is 6. The Morgan fingerprint density at radius 2 is 2.08 bits per heavy atom. The minimum Gasteiger partial charge on any atom is -0.339 e. The van der Waals surface area contributed by atoms with Crippen LogP contribution in [-0.2, 0) is 9.84 Å². The van der Waals surface area contributed by atoms with Crippen LogP contribution in [0.4, 0.5) is 11.5 Å². The van der Waals surface area contributed by atoms with Crippen LogP contribution in [0.25, 0.3) is 0 Å². The number of rotatable bonds is 5. The maximum Gasteiger partial charge on any atom is 0.274 e. The molecule has 0 spiro atoms. The minimum atomic E-state index is -3.05. The molecule has 7 nitrogen and oxygen atoms in total. The van der Waals surface area contributed by atoms with Crippen LogP contribution in [0.15, 0.2) is 36.4 Å². The third-order valence-corrected chi connectivity index (χ3v) is 6.18. The summed E-state index contributed by atoms with van der Waals surface area (Å²) < 4.78 is 23.4. The lowest BCUT2D eigenvalue weighted by molar-refractivity contribution is 0.0701. The largest absolute Gasteiger partial charge is 0.339 e. The van der Waals surface area contributed by atoms with E-state index in [9.17, 15) is 13.2 Å². The van der Waals surface area contributed by atoms with Crippen molar-refractivity contribution in [2.75, 3.05) is 23.4 Å². The van der Waals surface area contributed by atoms with Crippen LogP contribution in [-0.4, -0.2) is 53.5 Å². The first-order valence-electron chi connectivity index (χ1n) is 8.57. The van der Waals surface area contributed by atoms with Crippen molar-refractivity contribution in [3.05, 3.63) is 47.7 Å². The number of nitrogens with zero attached hydrogens (tertiary/aromatic N) is 3. The van der Waals surface area contributed by atoms with Crippen LogP contribution < -0.4 is 5.32 Å². The van der Waals surface area contributed by atoms with Gasteiger partial charge in [0.25, 0.3) is 5.91 Å². The third-order valence-electron chi connectivity index (χ3n) is 4.42. The number of hydrogen-bond donors (Lipinski definition) is 1. The van der Waals surface area contributed by atoms with Gasteiger partial charge >= 0.3 is 0 Å². The van der Waals surface area contributed by atoms with Crippen molar-refractivity contribution < 1.29 is 13.2 Å². The molecule has 1 fully saturated rings. The zero-order valence-electron chi connectivity index (χ0n) is 14.8. The Morgan fingerprint density at radius 3 is 2.65 bits per heavy atom. The lowest BCUT2D eigenvalue weighted by Gasteiger charge is -2.26. The van der Waals surface area contributed by atoms with Crippen molar-refractivity contribution in [1.82, 2.24) is 15.1 Å². The molecule has 1 N–H and O–H groups in total. The van der Waals surface area contributed by atoms with Gasteiger partial charge in [-0.05, 0) is 50.1 Å². The van der Waals surface area contributed by atoms with E-state index in [1.165, 1.54) is 0 Å². The number of benzene rings is 1. The topological polar surface area (TPSA) is 92.3 Å². The first-order chi connectivity index (χ1) is 12.4. The fraction of sp³-hybridized carbons (Fsp3) is 0.389. The summed E-state index contributed by atoms with van der Waals surface area (Å²) in [6.45, 7) is 4.27. The fourth-order valence-electron chi connectivity index (χ4n) is 3.12. The Hall–Kier alpha value is -2.48. The van der Waals surface area contributed by atoms with Crippen molar-refractivity contribution in [2.24, 2.45) is 0 Å². The Labute approximate surface area is 153 Å². The maximum absolute atomic E-state index is 12.7. The van der Waals surface area contributed by atoms with Gasteiger partial charge < -0.3 is 10.2 Å². The van der Waals surface area contributed by atoms with Gasteiger partial charge in [0, 0.05) is 18.3 Å². The van der Waals surface area contributed by atoms with Gasteiger partial charge in [-0.25, -0.2) is 8.42 Å². The fourth-order valence-corrected chi connectivity index (χ4v) is 4.85. The van der Waals surface area contributed by atoms with Gasteiger partial charge in [-0.3, -0.25) is 4.79 Å². The molecule has 0 radical (unpaired) electrons. The molecular formula is C18H22N4O3S. The summed E-state index contributed by atoms with van der Waals surface area (Å²) in [4.78, 5) is 14.3. The molecule has 138 valence electrons. The molecule has 1 aliphatic rings. The van der Waals surface area contributed by atoms with Crippen molar-refractivity contribution in [2.45, 2.75) is 26.3 Å². The molecule has 1 saturated heterocycles. The standard InChI is InChI=1S/C18H22N4O3S/c1-3-22(15-9-10-26(24,25)12-15)18(23)16-7-8-17(21-20-16)19-14-6-4-5-13(2)11-14/h4-8,11,15H,3,9-10,12H2,1-2H3,(H,19,21). The zero-order chi connectivity index (χ0) is 18.7. The highest BCUT2D eigenvalue weighted by Crippen LogP contribution is 2.20. The van der Waals surface area contributed by atoms with Gasteiger partial charge in [-0.1, -0.05) is 12.1 Å². The van der Waals surface area contributed by atoms with E-state index in [1.807, 2.05) is 38.1 Å². The third kappa shape index (κ3) is 4.19. The maximum atomic E-state index is 12.7. The number of aromatic nitrogens is 2. The molecule has 26 heavy (non-hydrogen) atoms. The predicted molar refractivity (Wildman–Crippen MR) is 100 cm³/mol. The van der Waals surface area contributed by atoms with E-state index in [2.05, 4.69) is 15.5 Å². The van der Waals surface area contributed by atoms with Crippen LogP contribution >= 0.6 is 0 Å².